The van der Waals surface area contributed by atoms with Crippen LogP contribution in [0.3, 0.4) is 0 Å². The Labute approximate surface area is 173 Å². The van der Waals surface area contributed by atoms with E-state index in [1.54, 1.807) is 0 Å². The topological polar surface area (TPSA) is 73.0 Å². The number of fused-ring (bicyclic) bond motifs is 1. The first-order chi connectivity index (χ1) is 14.1. The highest BCUT2D eigenvalue weighted by Gasteiger charge is 2.16. The molecule has 0 aliphatic carbocycles. The van der Waals surface area contributed by atoms with Gasteiger partial charge in [0.2, 0.25) is 5.91 Å². The number of hydrogen-bond donors (Lipinski definition) is 1. The van der Waals surface area contributed by atoms with Crippen molar-refractivity contribution >= 4 is 28.6 Å². The van der Waals surface area contributed by atoms with Gasteiger partial charge in [-0.15, -0.1) is 10.2 Å². The number of rotatable bonds is 7. The van der Waals surface area contributed by atoms with Gasteiger partial charge >= 0.3 is 0 Å². The zero-order valence-electron chi connectivity index (χ0n) is 16.3. The van der Waals surface area contributed by atoms with Crippen LogP contribution in [0.5, 0.6) is 0 Å². The summed E-state index contributed by atoms with van der Waals surface area (Å²) in [5.41, 5.74) is 2.00. The predicted molar refractivity (Wildman–Crippen MR) is 114 cm³/mol. The average molecular weight is 407 g/mol. The van der Waals surface area contributed by atoms with Crippen molar-refractivity contribution in [2.75, 3.05) is 5.75 Å². The Morgan fingerprint density at radius 3 is 2.69 bits per heavy atom. The van der Waals surface area contributed by atoms with E-state index in [4.69, 9.17) is 4.42 Å². The lowest BCUT2D eigenvalue weighted by Crippen LogP contribution is -2.28. The Balaban J connectivity index is 1.33. The molecular weight excluding hydrogens is 384 g/mol. The third kappa shape index (κ3) is 4.51. The van der Waals surface area contributed by atoms with E-state index in [0.29, 0.717) is 6.42 Å². The van der Waals surface area contributed by atoms with Gasteiger partial charge in [0, 0.05) is 18.9 Å². The van der Waals surface area contributed by atoms with Gasteiger partial charge in [0.1, 0.15) is 17.2 Å². The molecule has 6 nitrogen and oxygen atoms in total. The van der Waals surface area contributed by atoms with Crippen LogP contribution in [0.1, 0.15) is 30.1 Å². The SMILES string of the molecule is C[C@H](NC(=O)CSc1nnc(Cc2ccccc2)n1C)c1cc2ccccc2o1. The fourth-order valence-corrected chi connectivity index (χ4v) is 3.84. The summed E-state index contributed by atoms with van der Waals surface area (Å²) in [6, 6.07) is 19.7. The summed E-state index contributed by atoms with van der Waals surface area (Å²) >= 11 is 1.38. The number of para-hydroxylation sites is 1. The standard InChI is InChI=1S/C22H22N4O2S/c1-15(19-13-17-10-6-7-11-18(17)28-19)23-21(27)14-29-22-25-24-20(26(22)2)12-16-8-4-3-5-9-16/h3-11,13,15H,12,14H2,1-2H3,(H,23,27)/t15-/m0/s1. The Morgan fingerprint density at radius 1 is 1.14 bits per heavy atom. The first kappa shape index (κ1) is 19.3. The van der Waals surface area contributed by atoms with Gasteiger partial charge in [0.05, 0.1) is 11.8 Å². The van der Waals surface area contributed by atoms with E-state index in [1.165, 1.54) is 17.3 Å². The molecule has 0 bridgehead atoms. The molecule has 0 radical (unpaired) electrons. The molecule has 2 aromatic heterocycles. The summed E-state index contributed by atoms with van der Waals surface area (Å²) < 4.78 is 7.76. The highest BCUT2D eigenvalue weighted by atomic mass is 32.2. The van der Waals surface area contributed by atoms with Crippen LogP contribution < -0.4 is 5.32 Å². The van der Waals surface area contributed by atoms with Gasteiger partial charge < -0.3 is 14.3 Å². The minimum Gasteiger partial charge on any atom is -0.459 e. The molecule has 0 saturated heterocycles. The van der Waals surface area contributed by atoms with Crippen molar-refractivity contribution in [2.24, 2.45) is 7.05 Å². The number of amides is 1. The van der Waals surface area contributed by atoms with Gasteiger partial charge in [-0.25, -0.2) is 0 Å². The molecule has 0 aliphatic rings. The van der Waals surface area contributed by atoms with Crippen LogP contribution in [-0.4, -0.2) is 26.4 Å². The second-order valence-electron chi connectivity index (χ2n) is 6.88. The molecule has 1 amide bonds. The van der Waals surface area contributed by atoms with Crippen LogP contribution in [0.25, 0.3) is 11.0 Å². The largest absolute Gasteiger partial charge is 0.459 e. The quantitative estimate of drug-likeness (QED) is 0.467. The van der Waals surface area contributed by atoms with E-state index >= 15 is 0 Å². The average Bonchev–Trinajstić information content (AvgIpc) is 3.31. The summed E-state index contributed by atoms with van der Waals surface area (Å²) in [6.45, 7) is 1.92. The monoisotopic (exact) mass is 406 g/mol. The molecule has 0 spiro atoms. The van der Waals surface area contributed by atoms with E-state index < -0.39 is 0 Å². The van der Waals surface area contributed by atoms with Gasteiger partial charge in [-0.05, 0) is 24.6 Å². The van der Waals surface area contributed by atoms with Crippen molar-refractivity contribution < 1.29 is 9.21 Å². The van der Waals surface area contributed by atoms with Crippen molar-refractivity contribution in [1.82, 2.24) is 20.1 Å². The number of carbonyl (C=O) groups excluding carboxylic acids is 1. The molecule has 2 heterocycles. The highest BCUT2D eigenvalue weighted by molar-refractivity contribution is 7.99. The van der Waals surface area contributed by atoms with Crippen LogP contribution >= 0.6 is 11.8 Å². The van der Waals surface area contributed by atoms with E-state index in [1.807, 2.05) is 67.1 Å². The van der Waals surface area contributed by atoms with E-state index in [9.17, 15) is 4.79 Å². The number of aromatic nitrogens is 3. The van der Waals surface area contributed by atoms with Crippen LogP contribution in [0.15, 0.2) is 70.2 Å². The van der Waals surface area contributed by atoms with Crippen molar-refractivity contribution in [3.05, 3.63) is 77.8 Å². The van der Waals surface area contributed by atoms with E-state index in [2.05, 4.69) is 27.6 Å². The summed E-state index contributed by atoms with van der Waals surface area (Å²) in [5, 5.41) is 13.2. The van der Waals surface area contributed by atoms with Crippen molar-refractivity contribution in [3.63, 3.8) is 0 Å². The molecule has 4 rings (SSSR count). The zero-order valence-corrected chi connectivity index (χ0v) is 17.1. The molecule has 0 fully saturated rings. The van der Waals surface area contributed by atoms with E-state index in [0.717, 1.165) is 27.7 Å². The van der Waals surface area contributed by atoms with Gasteiger partial charge in [-0.2, -0.15) is 0 Å². The van der Waals surface area contributed by atoms with Crippen molar-refractivity contribution in [1.29, 1.82) is 0 Å². The normalized spacial score (nSPS) is 12.2. The molecule has 1 atom stereocenters. The number of benzene rings is 2. The number of furan rings is 1. The Kier molecular flexibility index (Phi) is 5.67. The van der Waals surface area contributed by atoms with Crippen LogP contribution in [0.2, 0.25) is 0 Å². The van der Waals surface area contributed by atoms with Crippen molar-refractivity contribution in [3.8, 4) is 0 Å². The first-order valence-electron chi connectivity index (χ1n) is 9.43. The molecule has 148 valence electrons. The Morgan fingerprint density at radius 2 is 1.90 bits per heavy atom. The second-order valence-corrected chi connectivity index (χ2v) is 7.83. The first-order valence-corrected chi connectivity index (χ1v) is 10.4. The molecule has 0 aliphatic heterocycles. The summed E-state index contributed by atoms with van der Waals surface area (Å²) in [4.78, 5) is 12.4. The Bertz CT molecular complexity index is 1090. The lowest BCUT2D eigenvalue weighted by molar-refractivity contribution is -0.119. The van der Waals surface area contributed by atoms with Gasteiger partial charge in [0.15, 0.2) is 5.16 Å². The van der Waals surface area contributed by atoms with Crippen LogP contribution in [0, 0.1) is 0 Å². The van der Waals surface area contributed by atoms with Gasteiger partial charge in [-0.1, -0.05) is 60.3 Å². The third-order valence-electron chi connectivity index (χ3n) is 4.71. The van der Waals surface area contributed by atoms with E-state index in [-0.39, 0.29) is 17.7 Å². The third-order valence-corrected chi connectivity index (χ3v) is 5.73. The molecule has 7 heteroatoms. The second kappa shape index (κ2) is 8.53. The lowest BCUT2D eigenvalue weighted by atomic mass is 10.1. The minimum atomic E-state index is -0.205. The predicted octanol–water partition coefficient (Wildman–Crippen LogP) is 4.12. The molecule has 0 unspecified atom stereocenters. The molecule has 2 aromatic carbocycles. The summed E-state index contributed by atoms with van der Waals surface area (Å²) in [6.07, 6.45) is 0.709. The number of nitrogens with one attached hydrogen (secondary N) is 1. The van der Waals surface area contributed by atoms with Crippen LogP contribution in [0.4, 0.5) is 0 Å². The number of nitrogens with zero attached hydrogens (tertiary/aromatic N) is 3. The minimum absolute atomic E-state index is 0.0736. The summed E-state index contributed by atoms with van der Waals surface area (Å²) in [5.74, 6) is 1.81. The fraction of sp³-hybridized carbons (Fsp3) is 0.227. The Hall–Kier alpha value is -3.06. The lowest BCUT2D eigenvalue weighted by Gasteiger charge is -2.11. The maximum atomic E-state index is 12.4. The fourth-order valence-electron chi connectivity index (χ4n) is 3.10. The molecule has 0 saturated carbocycles. The van der Waals surface area contributed by atoms with Gasteiger partial charge in [0.25, 0.3) is 0 Å². The molecule has 29 heavy (non-hydrogen) atoms. The van der Waals surface area contributed by atoms with Gasteiger partial charge in [-0.3, -0.25) is 4.79 Å². The maximum absolute atomic E-state index is 12.4. The summed E-state index contributed by atoms with van der Waals surface area (Å²) in [7, 11) is 1.93. The maximum Gasteiger partial charge on any atom is 0.231 e. The van der Waals surface area contributed by atoms with Crippen molar-refractivity contribution in [2.45, 2.75) is 24.5 Å². The number of hydrogen-bond acceptors (Lipinski definition) is 5. The smallest absolute Gasteiger partial charge is 0.231 e. The molecule has 1 N–H and O–H groups in total. The zero-order chi connectivity index (χ0) is 20.2. The number of thioether (sulfide) groups is 1. The molecule has 4 aromatic rings. The van der Waals surface area contributed by atoms with Crippen LogP contribution in [-0.2, 0) is 18.3 Å². The highest BCUT2D eigenvalue weighted by Crippen LogP contribution is 2.24. The number of carbonyl (C=O) groups is 1. The molecular formula is C22H22N4O2S.